The fourth-order valence-corrected chi connectivity index (χ4v) is 2.05. The van der Waals surface area contributed by atoms with Gasteiger partial charge in [-0.2, -0.15) is 0 Å². The Bertz CT molecular complexity index is 576. The lowest BCUT2D eigenvalue weighted by molar-refractivity contribution is 0.828. The molecular formula is C11H14N4OS. The van der Waals surface area contributed by atoms with E-state index in [2.05, 4.69) is 19.9 Å². The summed E-state index contributed by atoms with van der Waals surface area (Å²) in [7, 11) is 0. The van der Waals surface area contributed by atoms with Gasteiger partial charge >= 0.3 is 0 Å². The third-order valence-corrected chi connectivity index (χ3v) is 2.99. The molecule has 90 valence electrons. The standard InChI is InChI=1S/C11H14N4OS/c1-3-5-8-13-9-7(10(16)14-8)6-12-11(15-9)17-4-2/h6H,3-5H2,1-2H3,(H,12,13,14,15,16). The van der Waals surface area contributed by atoms with Crippen molar-refractivity contribution < 1.29 is 0 Å². The number of aryl methyl sites for hydroxylation is 1. The summed E-state index contributed by atoms with van der Waals surface area (Å²) < 4.78 is 0. The quantitative estimate of drug-likeness (QED) is 0.661. The fraction of sp³-hybridized carbons (Fsp3) is 0.455. The number of nitrogens with one attached hydrogen (secondary N) is 1. The first-order valence-corrected chi connectivity index (χ1v) is 6.62. The molecule has 0 bridgehead atoms. The summed E-state index contributed by atoms with van der Waals surface area (Å²) >= 11 is 1.54. The van der Waals surface area contributed by atoms with Gasteiger partial charge in [-0.15, -0.1) is 0 Å². The zero-order valence-corrected chi connectivity index (χ0v) is 10.7. The van der Waals surface area contributed by atoms with E-state index in [1.165, 1.54) is 0 Å². The first-order valence-electron chi connectivity index (χ1n) is 5.63. The number of nitrogens with zero attached hydrogens (tertiary/aromatic N) is 3. The number of aromatic amines is 1. The number of rotatable bonds is 4. The molecule has 5 nitrogen and oxygen atoms in total. The third kappa shape index (κ3) is 2.63. The Hall–Kier alpha value is -1.43. The van der Waals surface area contributed by atoms with E-state index in [1.54, 1.807) is 18.0 Å². The molecule has 17 heavy (non-hydrogen) atoms. The fourth-order valence-electron chi connectivity index (χ4n) is 1.51. The van der Waals surface area contributed by atoms with Gasteiger partial charge in [-0.3, -0.25) is 4.79 Å². The highest BCUT2D eigenvalue weighted by Gasteiger charge is 2.06. The van der Waals surface area contributed by atoms with Gasteiger partial charge < -0.3 is 4.98 Å². The topological polar surface area (TPSA) is 71.5 Å². The Balaban J connectivity index is 2.54. The van der Waals surface area contributed by atoms with E-state index in [4.69, 9.17) is 0 Å². The highest BCUT2D eigenvalue weighted by atomic mass is 32.2. The molecule has 0 aromatic carbocycles. The molecule has 0 saturated heterocycles. The van der Waals surface area contributed by atoms with Crippen LogP contribution in [0, 0.1) is 0 Å². The number of aromatic nitrogens is 4. The number of hydrogen-bond donors (Lipinski definition) is 1. The van der Waals surface area contributed by atoms with Crippen molar-refractivity contribution in [2.24, 2.45) is 0 Å². The van der Waals surface area contributed by atoms with Crippen LogP contribution in [0.1, 0.15) is 26.1 Å². The normalized spacial score (nSPS) is 10.9. The van der Waals surface area contributed by atoms with E-state index in [-0.39, 0.29) is 5.56 Å². The zero-order chi connectivity index (χ0) is 12.3. The summed E-state index contributed by atoms with van der Waals surface area (Å²) in [5.41, 5.74) is 0.328. The van der Waals surface area contributed by atoms with Crippen LogP contribution in [0.25, 0.3) is 11.0 Å². The second kappa shape index (κ2) is 5.27. The van der Waals surface area contributed by atoms with E-state index in [0.29, 0.717) is 22.0 Å². The molecule has 0 atom stereocenters. The SMILES string of the molecule is CCCc1nc2nc(SCC)ncc2c(=O)[nH]1. The van der Waals surface area contributed by atoms with Crippen molar-refractivity contribution in [1.29, 1.82) is 0 Å². The van der Waals surface area contributed by atoms with Crippen molar-refractivity contribution in [2.75, 3.05) is 5.75 Å². The van der Waals surface area contributed by atoms with E-state index in [1.807, 2.05) is 13.8 Å². The van der Waals surface area contributed by atoms with Crippen LogP contribution in [-0.4, -0.2) is 25.7 Å². The minimum Gasteiger partial charge on any atom is -0.310 e. The first-order chi connectivity index (χ1) is 8.24. The monoisotopic (exact) mass is 250 g/mol. The smallest absolute Gasteiger partial charge is 0.261 e. The number of thioether (sulfide) groups is 1. The molecule has 2 heterocycles. The minimum absolute atomic E-state index is 0.161. The van der Waals surface area contributed by atoms with Crippen LogP contribution < -0.4 is 5.56 Å². The Morgan fingerprint density at radius 3 is 2.88 bits per heavy atom. The van der Waals surface area contributed by atoms with Gasteiger partial charge in [0, 0.05) is 12.6 Å². The summed E-state index contributed by atoms with van der Waals surface area (Å²) in [5.74, 6) is 1.59. The van der Waals surface area contributed by atoms with Gasteiger partial charge in [0.15, 0.2) is 10.8 Å². The molecule has 0 radical (unpaired) electrons. The molecule has 0 fully saturated rings. The summed E-state index contributed by atoms with van der Waals surface area (Å²) in [6.07, 6.45) is 3.24. The molecule has 0 unspecified atom stereocenters. The predicted octanol–water partition coefficient (Wildman–Crippen LogP) is 1.78. The number of H-pyrrole nitrogens is 1. The summed E-state index contributed by atoms with van der Waals surface area (Å²) in [5, 5.41) is 1.12. The summed E-state index contributed by atoms with van der Waals surface area (Å²) in [6.45, 7) is 4.08. The van der Waals surface area contributed by atoms with Crippen LogP contribution in [0.2, 0.25) is 0 Å². The van der Waals surface area contributed by atoms with Crippen LogP contribution in [0.15, 0.2) is 16.1 Å². The number of hydrogen-bond acceptors (Lipinski definition) is 5. The Labute approximate surface area is 103 Å². The molecule has 0 aliphatic heterocycles. The van der Waals surface area contributed by atoms with Gasteiger partial charge in [-0.25, -0.2) is 15.0 Å². The summed E-state index contributed by atoms with van der Waals surface area (Å²) in [6, 6.07) is 0. The van der Waals surface area contributed by atoms with Gasteiger partial charge in [0.1, 0.15) is 11.2 Å². The highest BCUT2D eigenvalue weighted by molar-refractivity contribution is 7.99. The molecule has 0 aliphatic carbocycles. The zero-order valence-electron chi connectivity index (χ0n) is 9.86. The first kappa shape index (κ1) is 12.0. The molecule has 0 saturated carbocycles. The van der Waals surface area contributed by atoms with Crippen LogP contribution >= 0.6 is 11.8 Å². The van der Waals surface area contributed by atoms with Gasteiger partial charge in [0.05, 0.1) is 0 Å². The van der Waals surface area contributed by atoms with E-state index in [9.17, 15) is 4.79 Å². The Morgan fingerprint density at radius 2 is 2.18 bits per heavy atom. The van der Waals surface area contributed by atoms with Crippen molar-refractivity contribution in [1.82, 2.24) is 19.9 Å². The predicted molar refractivity (Wildman–Crippen MR) is 68.3 cm³/mol. The van der Waals surface area contributed by atoms with Gasteiger partial charge in [0.2, 0.25) is 0 Å². The lowest BCUT2D eigenvalue weighted by Gasteiger charge is -2.02. The molecular weight excluding hydrogens is 236 g/mol. The lowest BCUT2D eigenvalue weighted by atomic mass is 10.3. The molecule has 0 amide bonds. The molecule has 0 aliphatic rings. The minimum atomic E-state index is -0.161. The van der Waals surface area contributed by atoms with Crippen LogP contribution in [0.4, 0.5) is 0 Å². The van der Waals surface area contributed by atoms with Gasteiger partial charge in [0.25, 0.3) is 5.56 Å². The van der Waals surface area contributed by atoms with Gasteiger partial charge in [-0.1, -0.05) is 25.6 Å². The number of fused-ring (bicyclic) bond motifs is 1. The van der Waals surface area contributed by atoms with Crippen molar-refractivity contribution >= 4 is 22.8 Å². The molecule has 2 aromatic rings. The van der Waals surface area contributed by atoms with Crippen molar-refractivity contribution in [2.45, 2.75) is 31.8 Å². The van der Waals surface area contributed by atoms with Crippen LogP contribution in [0.3, 0.4) is 0 Å². The van der Waals surface area contributed by atoms with E-state index < -0.39 is 0 Å². The second-order valence-electron chi connectivity index (χ2n) is 3.59. The average Bonchev–Trinajstić information content (AvgIpc) is 2.29. The molecule has 2 aromatic heterocycles. The average molecular weight is 250 g/mol. The maximum Gasteiger partial charge on any atom is 0.261 e. The molecule has 1 N–H and O–H groups in total. The summed E-state index contributed by atoms with van der Waals surface area (Å²) in [4.78, 5) is 27.3. The molecule has 0 spiro atoms. The Kier molecular flexibility index (Phi) is 3.73. The van der Waals surface area contributed by atoms with Crippen LogP contribution in [-0.2, 0) is 6.42 Å². The maximum absolute atomic E-state index is 11.8. The maximum atomic E-state index is 11.8. The van der Waals surface area contributed by atoms with Crippen LogP contribution in [0.5, 0.6) is 0 Å². The molecule has 2 rings (SSSR count). The Morgan fingerprint density at radius 1 is 1.35 bits per heavy atom. The molecule has 6 heteroatoms. The van der Waals surface area contributed by atoms with Crippen molar-refractivity contribution in [3.8, 4) is 0 Å². The van der Waals surface area contributed by atoms with Crippen molar-refractivity contribution in [3.63, 3.8) is 0 Å². The third-order valence-electron chi connectivity index (χ3n) is 2.25. The second-order valence-corrected chi connectivity index (χ2v) is 4.82. The highest BCUT2D eigenvalue weighted by Crippen LogP contribution is 2.13. The largest absolute Gasteiger partial charge is 0.310 e. The van der Waals surface area contributed by atoms with E-state index in [0.717, 1.165) is 18.6 Å². The van der Waals surface area contributed by atoms with E-state index >= 15 is 0 Å². The van der Waals surface area contributed by atoms with Gasteiger partial charge in [-0.05, 0) is 12.2 Å². The lowest BCUT2D eigenvalue weighted by Crippen LogP contribution is -2.13. The van der Waals surface area contributed by atoms with Crippen molar-refractivity contribution in [3.05, 3.63) is 22.4 Å².